The first-order valence-corrected chi connectivity index (χ1v) is 4.34. The van der Waals surface area contributed by atoms with Gasteiger partial charge in [0, 0.05) is 25.0 Å². The molecule has 2 heterocycles. The lowest BCUT2D eigenvalue weighted by molar-refractivity contribution is -0.129. The molecule has 0 aromatic heterocycles. The summed E-state index contributed by atoms with van der Waals surface area (Å²) in [4.78, 5) is 13.2. The van der Waals surface area contributed by atoms with E-state index in [1.807, 2.05) is 4.90 Å². The van der Waals surface area contributed by atoms with Crippen molar-refractivity contribution in [1.29, 1.82) is 0 Å². The van der Waals surface area contributed by atoms with Gasteiger partial charge in [-0.25, -0.2) is 0 Å². The Hall–Kier alpha value is -0.570. The van der Waals surface area contributed by atoms with Crippen molar-refractivity contribution in [2.24, 2.45) is 5.73 Å². The second kappa shape index (κ2) is 2.48. The molecule has 2 aliphatic rings. The van der Waals surface area contributed by atoms with Crippen molar-refractivity contribution in [2.75, 3.05) is 6.54 Å². The fraction of sp³-hybridized carbons (Fsp3) is 0.875. The zero-order chi connectivity index (χ0) is 7.84. The average molecular weight is 154 g/mol. The van der Waals surface area contributed by atoms with Gasteiger partial charge < -0.3 is 10.6 Å². The quantitative estimate of drug-likeness (QED) is 0.538. The SMILES string of the molecule is N[C@@H]1CC(=O)N2CCCC[C@@H]12. The van der Waals surface area contributed by atoms with Crippen LogP contribution in [-0.4, -0.2) is 29.4 Å². The maximum Gasteiger partial charge on any atom is 0.224 e. The molecule has 3 heteroatoms. The molecule has 0 aromatic carbocycles. The third kappa shape index (κ3) is 1.03. The smallest absolute Gasteiger partial charge is 0.224 e. The first kappa shape index (κ1) is 7.10. The number of nitrogens with zero attached hydrogens (tertiary/aromatic N) is 1. The third-order valence-corrected chi connectivity index (χ3v) is 2.77. The highest BCUT2D eigenvalue weighted by atomic mass is 16.2. The lowest BCUT2D eigenvalue weighted by Gasteiger charge is -2.31. The summed E-state index contributed by atoms with van der Waals surface area (Å²) in [6.45, 7) is 0.942. The van der Waals surface area contributed by atoms with E-state index in [1.165, 1.54) is 6.42 Å². The number of fused-ring (bicyclic) bond motifs is 1. The van der Waals surface area contributed by atoms with E-state index in [1.54, 1.807) is 0 Å². The minimum Gasteiger partial charge on any atom is -0.338 e. The molecule has 62 valence electrons. The van der Waals surface area contributed by atoms with Crippen LogP contribution in [0.3, 0.4) is 0 Å². The number of hydrogen-bond donors (Lipinski definition) is 1. The lowest BCUT2D eigenvalue weighted by atomic mass is 10.00. The van der Waals surface area contributed by atoms with Gasteiger partial charge >= 0.3 is 0 Å². The van der Waals surface area contributed by atoms with E-state index in [-0.39, 0.29) is 11.9 Å². The van der Waals surface area contributed by atoms with E-state index >= 15 is 0 Å². The zero-order valence-electron chi connectivity index (χ0n) is 6.62. The van der Waals surface area contributed by atoms with Gasteiger partial charge in [-0.05, 0) is 19.3 Å². The van der Waals surface area contributed by atoms with E-state index in [2.05, 4.69) is 0 Å². The Bertz CT molecular complexity index is 181. The molecule has 2 aliphatic heterocycles. The summed E-state index contributed by atoms with van der Waals surface area (Å²) >= 11 is 0. The molecule has 11 heavy (non-hydrogen) atoms. The van der Waals surface area contributed by atoms with Crippen molar-refractivity contribution in [1.82, 2.24) is 4.90 Å². The predicted octanol–water partition coefficient (Wildman–Crippen LogP) is 0.0985. The molecule has 0 spiro atoms. The van der Waals surface area contributed by atoms with Crippen LogP contribution in [0.1, 0.15) is 25.7 Å². The predicted molar refractivity (Wildman–Crippen MR) is 41.9 cm³/mol. The molecule has 0 unspecified atom stereocenters. The molecule has 0 radical (unpaired) electrons. The molecule has 1 amide bonds. The van der Waals surface area contributed by atoms with Gasteiger partial charge in [-0.3, -0.25) is 4.79 Å². The van der Waals surface area contributed by atoms with Gasteiger partial charge in [0.15, 0.2) is 0 Å². The van der Waals surface area contributed by atoms with Crippen molar-refractivity contribution in [3.63, 3.8) is 0 Å². The van der Waals surface area contributed by atoms with Gasteiger partial charge in [0.05, 0.1) is 0 Å². The molecule has 2 N–H and O–H groups in total. The number of hydrogen-bond acceptors (Lipinski definition) is 2. The van der Waals surface area contributed by atoms with Gasteiger partial charge in [0.1, 0.15) is 0 Å². The average Bonchev–Trinajstić information content (AvgIpc) is 2.30. The summed E-state index contributed by atoms with van der Waals surface area (Å²) in [7, 11) is 0. The number of rotatable bonds is 0. The Morgan fingerprint density at radius 3 is 3.00 bits per heavy atom. The minimum atomic E-state index is 0.114. The van der Waals surface area contributed by atoms with Crippen LogP contribution in [-0.2, 0) is 4.79 Å². The number of carbonyl (C=O) groups excluding carboxylic acids is 1. The molecular formula is C8H14N2O. The highest BCUT2D eigenvalue weighted by Crippen LogP contribution is 2.26. The van der Waals surface area contributed by atoms with E-state index in [9.17, 15) is 4.79 Å². The molecule has 0 bridgehead atoms. The van der Waals surface area contributed by atoms with E-state index in [0.29, 0.717) is 12.5 Å². The first-order valence-electron chi connectivity index (χ1n) is 4.34. The van der Waals surface area contributed by atoms with Crippen LogP contribution >= 0.6 is 0 Å². The van der Waals surface area contributed by atoms with Gasteiger partial charge in [0.2, 0.25) is 5.91 Å². The van der Waals surface area contributed by atoms with E-state index < -0.39 is 0 Å². The summed E-state index contributed by atoms with van der Waals surface area (Å²) in [5, 5.41) is 0. The molecule has 2 saturated heterocycles. The highest BCUT2D eigenvalue weighted by Gasteiger charge is 2.38. The van der Waals surface area contributed by atoms with Gasteiger partial charge in [-0.2, -0.15) is 0 Å². The summed E-state index contributed by atoms with van der Waals surface area (Å²) in [5.74, 6) is 0.266. The monoisotopic (exact) mass is 154 g/mol. The Balaban J connectivity index is 2.13. The van der Waals surface area contributed by atoms with Crippen LogP contribution in [0.15, 0.2) is 0 Å². The summed E-state index contributed by atoms with van der Waals surface area (Å²) in [6, 6.07) is 0.485. The Morgan fingerprint density at radius 2 is 2.27 bits per heavy atom. The van der Waals surface area contributed by atoms with Gasteiger partial charge in [0.25, 0.3) is 0 Å². The van der Waals surface area contributed by atoms with Crippen molar-refractivity contribution in [3.8, 4) is 0 Å². The molecule has 3 nitrogen and oxygen atoms in total. The normalized spacial score (nSPS) is 37.5. The van der Waals surface area contributed by atoms with Crippen LogP contribution in [0, 0.1) is 0 Å². The Morgan fingerprint density at radius 1 is 1.45 bits per heavy atom. The number of piperidine rings is 1. The molecule has 2 atom stereocenters. The molecule has 2 fully saturated rings. The maximum absolute atomic E-state index is 11.3. The maximum atomic E-state index is 11.3. The van der Waals surface area contributed by atoms with E-state index in [4.69, 9.17) is 5.73 Å². The second-order valence-electron chi connectivity index (χ2n) is 3.52. The van der Waals surface area contributed by atoms with E-state index in [0.717, 1.165) is 19.4 Å². The lowest BCUT2D eigenvalue weighted by Crippen LogP contribution is -2.43. The standard InChI is InChI=1S/C8H14N2O/c9-6-5-8(11)10-4-2-1-3-7(6)10/h6-7H,1-5,9H2/t6-,7+/m1/s1. The van der Waals surface area contributed by atoms with Crippen molar-refractivity contribution < 1.29 is 4.79 Å². The van der Waals surface area contributed by atoms with Crippen LogP contribution in [0.25, 0.3) is 0 Å². The first-order chi connectivity index (χ1) is 5.29. The van der Waals surface area contributed by atoms with Crippen LogP contribution in [0.2, 0.25) is 0 Å². The van der Waals surface area contributed by atoms with Gasteiger partial charge in [-0.15, -0.1) is 0 Å². The molecule has 0 aliphatic carbocycles. The molecule has 0 aromatic rings. The van der Waals surface area contributed by atoms with Gasteiger partial charge in [-0.1, -0.05) is 0 Å². The number of carbonyl (C=O) groups is 1. The fourth-order valence-electron chi connectivity index (χ4n) is 2.17. The highest BCUT2D eigenvalue weighted by molar-refractivity contribution is 5.80. The Labute approximate surface area is 66.5 Å². The molecule has 2 rings (SSSR count). The summed E-state index contributed by atoms with van der Waals surface area (Å²) < 4.78 is 0. The minimum absolute atomic E-state index is 0.114. The Kier molecular flexibility index (Phi) is 1.60. The topological polar surface area (TPSA) is 46.3 Å². The largest absolute Gasteiger partial charge is 0.338 e. The van der Waals surface area contributed by atoms with Crippen molar-refractivity contribution in [2.45, 2.75) is 37.8 Å². The molecular weight excluding hydrogens is 140 g/mol. The summed E-state index contributed by atoms with van der Waals surface area (Å²) in [6.07, 6.45) is 4.09. The zero-order valence-corrected chi connectivity index (χ0v) is 6.62. The molecule has 0 saturated carbocycles. The fourth-order valence-corrected chi connectivity index (χ4v) is 2.17. The van der Waals surface area contributed by atoms with Crippen LogP contribution in [0.4, 0.5) is 0 Å². The van der Waals surface area contributed by atoms with Crippen molar-refractivity contribution in [3.05, 3.63) is 0 Å². The van der Waals surface area contributed by atoms with Crippen molar-refractivity contribution >= 4 is 5.91 Å². The summed E-state index contributed by atoms with van der Waals surface area (Å²) in [5.41, 5.74) is 5.82. The second-order valence-corrected chi connectivity index (χ2v) is 3.52. The third-order valence-electron chi connectivity index (χ3n) is 2.77. The van der Waals surface area contributed by atoms with Crippen LogP contribution in [0.5, 0.6) is 0 Å². The number of nitrogens with two attached hydrogens (primary N) is 1. The van der Waals surface area contributed by atoms with Crippen LogP contribution < -0.4 is 5.73 Å². The number of amides is 1.